The van der Waals surface area contributed by atoms with Crippen LogP contribution in [0, 0.1) is 11.6 Å². The molecule has 0 aliphatic heterocycles. The Labute approximate surface area is 115 Å². The van der Waals surface area contributed by atoms with Gasteiger partial charge in [0.05, 0.1) is 10.5 Å². The molecule has 6 heteroatoms. The third-order valence-electron chi connectivity index (χ3n) is 2.90. The molecule has 0 aliphatic carbocycles. The highest BCUT2D eigenvalue weighted by molar-refractivity contribution is 7.90. The minimum atomic E-state index is -3.36. The summed E-state index contributed by atoms with van der Waals surface area (Å²) >= 11 is 0. The Hall–Kier alpha value is -1.79. The number of sulfone groups is 1. The molecule has 3 nitrogen and oxygen atoms in total. The lowest BCUT2D eigenvalue weighted by atomic mass is 10.0. The van der Waals surface area contributed by atoms with Crippen LogP contribution in [-0.2, 0) is 9.84 Å². The van der Waals surface area contributed by atoms with Gasteiger partial charge in [-0.05, 0) is 29.8 Å². The number of aliphatic hydroxyl groups is 1. The van der Waals surface area contributed by atoms with E-state index in [1.165, 1.54) is 30.3 Å². The summed E-state index contributed by atoms with van der Waals surface area (Å²) in [5.41, 5.74) is -0.249. The van der Waals surface area contributed by atoms with E-state index >= 15 is 0 Å². The monoisotopic (exact) mass is 298 g/mol. The van der Waals surface area contributed by atoms with E-state index in [-0.39, 0.29) is 10.5 Å². The highest BCUT2D eigenvalue weighted by atomic mass is 32.2. The molecule has 1 N–H and O–H groups in total. The van der Waals surface area contributed by atoms with Crippen LogP contribution in [0.25, 0.3) is 0 Å². The molecule has 0 spiro atoms. The van der Waals surface area contributed by atoms with Gasteiger partial charge < -0.3 is 5.11 Å². The number of aliphatic hydroxyl groups excluding tert-OH is 1. The summed E-state index contributed by atoms with van der Waals surface area (Å²) in [7, 11) is -3.36. The quantitative estimate of drug-likeness (QED) is 0.947. The minimum Gasteiger partial charge on any atom is -0.383 e. The van der Waals surface area contributed by atoms with E-state index < -0.39 is 33.1 Å². The zero-order chi connectivity index (χ0) is 14.9. The number of hydrogen-bond acceptors (Lipinski definition) is 3. The van der Waals surface area contributed by atoms with Crippen molar-refractivity contribution in [2.75, 3.05) is 6.26 Å². The molecule has 0 aromatic heterocycles. The summed E-state index contributed by atoms with van der Waals surface area (Å²) < 4.78 is 49.7. The van der Waals surface area contributed by atoms with Gasteiger partial charge in [-0.3, -0.25) is 0 Å². The second-order valence-electron chi connectivity index (χ2n) is 4.38. The van der Waals surface area contributed by atoms with Crippen molar-refractivity contribution in [3.8, 4) is 0 Å². The Balaban J connectivity index is 2.42. The fourth-order valence-electron chi connectivity index (χ4n) is 1.84. The maximum absolute atomic E-state index is 13.6. The van der Waals surface area contributed by atoms with E-state index in [9.17, 15) is 22.3 Å². The molecule has 0 amide bonds. The Morgan fingerprint density at radius 1 is 1.00 bits per heavy atom. The van der Waals surface area contributed by atoms with Gasteiger partial charge in [0.25, 0.3) is 0 Å². The summed E-state index contributed by atoms with van der Waals surface area (Å²) in [5.74, 6) is -1.71. The van der Waals surface area contributed by atoms with Gasteiger partial charge in [0.1, 0.15) is 17.7 Å². The van der Waals surface area contributed by atoms with Crippen molar-refractivity contribution in [1.29, 1.82) is 0 Å². The molecule has 0 heterocycles. The summed E-state index contributed by atoms with van der Waals surface area (Å²) in [6.07, 6.45) is -0.445. The van der Waals surface area contributed by atoms with E-state index in [2.05, 4.69) is 0 Å². The van der Waals surface area contributed by atoms with Crippen molar-refractivity contribution < 1.29 is 22.3 Å². The third-order valence-corrected chi connectivity index (χ3v) is 4.03. The highest BCUT2D eigenvalue weighted by Gasteiger charge is 2.19. The molecule has 106 valence electrons. The lowest BCUT2D eigenvalue weighted by molar-refractivity contribution is 0.209. The van der Waals surface area contributed by atoms with Crippen LogP contribution in [0.5, 0.6) is 0 Å². The van der Waals surface area contributed by atoms with Gasteiger partial charge in [-0.1, -0.05) is 18.2 Å². The van der Waals surface area contributed by atoms with Crippen LogP contribution in [-0.4, -0.2) is 19.8 Å². The number of rotatable bonds is 3. The predicted octanol–water partition coefficient (Wildman–Crippen LogP) is 2.45. The van der Waals surface area contributed by atoms with E-state index in [1.54, 1.807) is 0 Å². The van der Waals surface area contributed by atoms with Crippen LogP contribution < -0.4 is 0 Å². The van der Waals surface area contributed by atoms with Gasteiger partial charge in [0, 0.05) is 6.26 Å². The summed E-state index contributed by atoms with van der Waals surface area (Å²) in [6.45, 7) is 0. The highest BCUT2D eigenvalue weighted by Crippen LogP contribution is 2.27. The van der Waals surface area contributed by atoms with Gasteiger partial charge >= 0.3 is 0 Å². The molecule has 0 radical (unpaired) electrons. The molecule has 2 aromatic rings. The zero-order valence-electron chi connectivity index (χ0n) is 10.5. The van der Waals surface area contributed by atoms with E-state index in [0.29, 0.717) is 0 Å². The number of halogens is 2. The molecule has 2 aromatic carbocycles. The van der Waals surface area contributed by atoms with Gasteiger partial charge in [-0.2, -0.15) is 0 Å². The van der Waals surface area contributed by atoms with E-state index in [1.807, 2.05) is 0 Å². The van der Waals surface area contributed by atoms with Crippen molar-refractivity contribution in [2.24, 2.45) is 0 Å². The van der Waals surface area contributed by atoms with Gasteiger partial charge in [-0.15, -0.1) is 0 Å². The van der Waals surface area contributed by atoms with Crippen molar-refractivity contribution in [3.05, 3.63) is 65.2 Å². The SMILES string of the molecule is CS(=O)(=O)c1ccc(C(O)c2c(F)cccc2F)cc1. The molecular weight excluding hydrogens is 286 g/mol. The van der Waals surface area contributed by atoms with Crippen molar-refractivity contribution in [3.63, 3.8) is 0 Å². The molecule has 2 rings (SSSR count). The molecular formula is C14H12F2O3S. The molecule has 0 saturated carbocycles. The normalized spacial score (nSPS) is 13.2. The minimum absolute atomic E-state index is 0.0717. The van der Waals surface area contributed by atoms with Gasteiger partial charge in [-0.25, -0.2) is 17.2 Å². The van der Waals surface area contributed by atoms with Gasteiger partial charge in [0.2, 0.25) is 0 Å². The molecule has 0 fully saturated rings. The van der Waals surface area contributed by atoms with Crippen LogP contribution in [0.4, 0.5) is 8.78 Å². The first-order valence-corrected chi connectivity index (χ1v) is 7.62. The van der Waals surface area contributed by atoms with Gasteiger partial charge in [0.15, 0.2) is 9.84 Å². The molecule has 20 heavy (non-hydrogen) atoms. The first-order chi connectivity index (χ1) is 9.30. The maximum Gasteiger partial charge on any atom is 0.175 e. The van der Waals surface area contributed by atoms with Crippen molar-refractivity contribution in [2.45, 2.75) is 11.0 Å². The standard InChI is InChI=1S/C14H12F2O3S/c1-20(18,19)10-7-5-9(6-8-10)14(17)13-11(15)3-2-4-12(13)16/h2-8,14,17H,1H3. The lowest BCUT2D eigenvalue weighted by Crippen LogP contribution is -2.06. The predicted molar refractivity (Wildman–Crippen MR) is 70.0 cm³/mol. The smallest absolute Gasteiger partial charge is 0.175 e. The summed E-state index contributed by atoms with van der Waals surface area (Å²) in [5, 5.41) is 10.0. The summed E-state index contributed by atoms with van der Waals surface area (Å²) in [6, 6.07) is 8.52. The third kappa shape index (κ3) is 2.86. The Bertz CT molecular complexity index is 704. The van der Waals surface area contributed by atoms with Crippen LogP contribution in [0.2, 0.25) is 0 Å². The van der Waals surface area contributed by atoms with Crippen LogP contribution >= 0.6 is 0 Å². The fourth-order valence-corrected chi connectivity index (χ4v) is 2.47. The second-order valence-corrected chi connectivity index (χ2v) is 6.39. The Morgan fingerprint density at radius 3 is 1.95 bits per heavy atom. The van der Waals surface area contributed by atoms with Crippen LogP contribution in [0.15, 0.2) is 47.4 Å². The van der Waals surface area contributed by atoms with E-state index in [0.717, 1.165) is 18.4 Å². The number of hydrogen-bond donors (Lipinski definition) is 1. The first-order valence-electron chi connectivity index (χ1n) is 5.72. The Kier molecular flexibility index (Phi) is 3.87. The van der Waals surface area contributed by atoms with Crippen molar-refractivity contribution >= 4 is 9.84 Å². The topological polar surface area (TPSA) is 54.4 Å². The maximum atomic E-state index is 13.6. The Morgan fingerprint density at radius 2 is 1.50 bits per heavy atom. The zero-order valence-corrected chi connectivity index (χ0v) is 11.4. The molecule has 1 unspecified atom stereocenters. The molecule has 0 saturated heterocycles. The fraction of sp³-hybridized carbons (Fsp3) is 0.143. The average molecular weight is 298 g/mol. The molecule has 0 aliphatic rings. The first kappa shape index (κ1) is 14.6. The lowest BCUT2D eigenvalue weighted by Gasteiger charge is -2.13. The number of benzene rings is 2. The molecule has 0 bridgehead atoms. The largest absolute Gasteiger partial charge is 0.383 e. The molecule has 1 atom stereocenters. The van der Waals surface area contributed by atoms with E-state index in [4.69, 9.17) is 0 Å². The van der Waals surface area contributed by atoms with Crippen LogP contribution in [0.1, 0.15) is 17.2 Å². The van der Waals surface area contributed by atoms with Crippen molar-refractivity contribution in [1.82, 2.24) is 0 Å². The average Bonchev–Trinajstić information content (AvgIpc) is 2.37. The summed E-state index contributed by atoms with van der Waals surface area (Å²) in [4.78, 5) is 0.0717. The van der Waals surface area contributed by atoms with Crippen LogP contribution in [0.3, 0.4) is 0 Å². The second kappa shape index (κ2) is 5.30.